The van der Waals surface area contributed by atoms with Gasteiger partial charge in [0.1, 0.15) is 0 Å². The lowest BCUT2D eigenvalue weighted by molar-refractivity contribution is -0.0302. The zero-order valence-corrected chi connectivity index (χ0v) is 4.43. The van der Waals surface area contributed by atoms with Crippen molar-refractivity contribution in [2.45, 2.75) is 6.10 Å². The molecule has 0 amide bonds. The van der Waals surface area contributed by atoms with Gasteiger partial charge in [-0.3, -0.25) is 4.84 Å². The van der Waals surface area contributed by atoms with E-state index in [9.17, 15) is 0 Å². The Morgan fingerprint density at radius 3 is 2.71 bits per heavy atom. The van der Waals surface area contributed by atoms with Crippen molar-refractivity contribution < 1.29 is 9.94 Å². The number of hydrogen-bond acceptors (Lipinski definition) is 3. The van der Waals surface area contributed by atoms with Gasteiger partial charge in [0.25, 0.3) is 0 Å². The first kappa shape index (κ1) is 5.31. The summed E-state index contributed by atoms with van der Waals surface area (Å²) in [6, 6.07) is 0. The number of hydrogen-bond donors (Lipinski definition) is 1. The Morgan fingerprint density at radius 2 is 2.57 bits per heavy atom. The molecule has 1 saturated heterocycles. The van der Waals surface area contributed by atoms with Crippen molar-refractivity contribution in [2.75, 3.05) is 13.2 Å². The number of aliphatic hydroxyl groups excluding tert-OH is 1. The van der Waals surface area contributed by atoms with Crippen LogP contribution in [0.3, 0.4) is 0 Å². The average molecular weight is 124 g/mol. The summed E-state index contributed by atoms with van der Waals surface area (Å²) in [6.45, 7) is 0.727. The first-order valence-electron chi connectivity index (χ1n) is 2.03. The molecule has 1 rings (SSSR count). The van der Waals surface area contributed by atoms with E-state index in [0.29, 0.717) is 13.2 Å². The van der Waals surface area contributed by atoms with Crippen molar-refractivity contribution in [3.05, 3.63) is 0 Å². The number of rotatable bonds is 0. The summed E-state index contributed by atoms with van der Waals surface area (Å²) in [6.07, 6.45) is -0.405. The highest BCUT2D eigenvalue weighted by atomic mass is 35.5. The van der Waals surface area contributed by atoms with Crippen LogP contribution in [0.5, 0.6) is 0 Å². The molecule has 3 nitrogen and oxygen atoms in total. The topological polar surface area (TPSA) is 32.7 Å². The van der Waals surface area contributed by atoms with Gasteiger partial charge < -0.3 is 5.11 Å². The average Bonchev–Trinajstić information content (AvgIpc) is 1.87. The number of halogens is 1. The third kappa shape index (κ3) is 1.28. The lowest BCUT2D eigenvalue weighted by atomic mass is 10.4. The van der Waals surface area contributed by atoms with Gasteiger partial charge in [0.2, 0.25) is 0 Å². The lowest BCUT2D eigenvalue weighted by Crippen LogP contribution is -2.11. The van der Waals surface area contributed by atoms with Gasteiger partial charge in [0.15, 0.2) is 0 Å². The van der Waals surface area contributed by atoms with Crippen molar-refractivity contribution in [3.8, 4) is 0 Å². The first-order chi connectivity index (χ1) is 3.29. The number of aliphatic hydroxyl groups is 1. The van der Waals surface area contributed by atoms with Gasteiger partial charge >= 0.3 is 0 Å². The molecule has 0 aromatic carbocycles. The standard InChI is InChI=1S/C3H6ClNO2/c4-5-1-3(6)2-7-5/h3,6H,1-2H2. The van der Waals surface area contributed by atoms with Crippen LogP contribution in [-0.4, -0.2) is 28.9 Å². The third-order valence-corrected chi connectivity index (χ3v) is 0.997. The zero-order chi connectivity index (χ0) is 5.28. The second-order valence-corrected chi connectivity index (χ2v) is 1.83. The Kier molecular flexibility index (Phi) is 1.49. The van der Waals surface area contributed by atoms with Crippen LogP contribution in [-0.2, 0) is 4.84 Å². The monoisotopic (exact) mass is 123 g/mol. The highest BCUT2D eigenvalue weighted by Gasteiger charge is 2.18. The first-order valence-corrected chi connectivity index (χ1v) is 2.37. The van der Waals surface area contributed by atoms with Crippen LogP contribution in [0.25, 0.3) is 0 Å². The molecule has 1 unspecified atom stereocenters. The Labute approximate surface area is 46.5 Å². The van der Waals surface area contributed by atoms with Crippen molar-refractivity contribution in [2.24, 2.45) is 0 Å². The van der Waals surface area contributed by atoms with Crippen LogP contribution in [0.2, 0.25) is 0 Å². The Morgan fingerprint density at radius 1 is 1.86 bits per heavy atom. The van der Waals surface area contributed by atoms with Gasteiger partial charge in [-0.2, -0.15) is 0 Å². The van der Waals surface area contributed by atoms with Crippen LogP contribution in [0.1, 0.15) is 0 Å². The fourth-order valence-corrected chi connectivity index (χ4v) is 0.654. The molecule has 1 aliphatic rings. The quantitative estimate of drug-likeness (QED) is 0.451. The second-order valence-electron chi connectivity index (χ2n) is 1.45. The van der Waals surface area contributed by atoms with Crippen LogP contribution in [0.15, 0.2) is 0 Å². The van der Waals surface area contributed by atoms with Crippen molar-refractivity contribution >= 4 is 11.8 Å². The molecule has 0 saturated carbocycles. The molecule has 0 bridgehead atoms. The van der Waals surface area contributed by atoms with E-state index in [1.165, 1.54) is 0 Å². The highest BCUT2D eigenvalue weighted by molar-refractivity contribution is 6.12. The Hall–Kier alpha value is 0.170. The minimum absolute atomic E-state index is 0.323. The molecule has 1 aliphatic heterocycles. The molecule has 42 valence electrons. The summed E-state index contributed by atoms with van der Waals surface area (Å²) in [5, 5.41) is 8.65. The van der Waals surface area contributed by atoms with Gasteiger partial charge in [0, 0.05) is 11.8 Å². The molecule has 0 aromatic rings. The molecular formula is C3H6ClNO2. The van der Waals surface area contributed by atoms with Crippen molar-refractivity contribution in [1.29, 1.82) is 0 Å². The molecule has 7 heavy (non-hydrogen) atoms. The fourth-order valence-electron chi connectivity index (χ4n) is 0.438. The van der Waals surface area contributed by atoms with E-state index in [4.69, 9.17) is 16.9 Å². The summed E-state index contributed by atoms with van der Waals surface area (Å²) < 4.78 is 1.10. The maximum Gasteiger partial charge on any atom is 0.0974 e. The van der Waals surface area contributed by atoms with Crippen LogP contribution in [0.4, 0.5) is 0 Å². The minimum Gasteiger partial charge on any atom is -0.389 e. The molecule has 1 N–H and O–H groups in total. The zero-order valence-electron chi connectivity index (χ0n) is 3.67. The Bertz CT molecular complexity index is 62.0. The van der Waals surface area contributed by atoms with Gasteiger partial charge in [-0.1, -0.05) is 4.58 Å². The molecule has 1 heterocycles. The summed E-state index contributed by atoms with van der Waals surface area (Å²) in [5.41, 5.74) is 0. The number of β-amino-alcohol motifs (C(OH)–C–C–N with tert-alkyl or cyclic N) is 1. The van der Waals surface area contributed by atoms with Crippen LogP contribution in [0, 0.1) is 0 Å². The van der Waals surface area contributed by atoms with Crippen molar-refractivity contribution in [3.63, 3.8) is 0 Å². The van der Waals surface area contributed by atoms with Crippen molar-refractivity contribution in [1.82, 2.24) is 4.58 Å². The normalized spacial score (nSPS) is 34.3. The second kappa shape index (κ2) is 1.96. The predicted octanol–water partition coefficient (Wildman–Crippen LogP) is -0.252. The molecule has 1 atom stereocenters. The predicted molar refractivity (Wildman–Crippen MR) is 24.5 cm³/mol. The van der Waals surface area contributed by atoms with E-state index in [1.807, 2.05) is 0 Å². The fraction of sp³-hybridized carbons (Fsp3) is 1.00. The largest absolute Gasteiger partial charge is 0.389 e. The van der Waals surface area contributed by atoms with Gasteiger partial charge in [-0.05, 0) is 0 Å². The SMILES string of the molecule is OC1CON(Cl)C1. The summed E-state index contributed by atoms with van der Waals surface area (Å²) in [7, 11) is 0. The van der Waals surface area contributed by atoms with Gasteiger partial charge in [0.05, 0.1) is 19.3 Å². The molecule has 4 heteroatoms. The van der Waals surface area contributed by atoms with Gasteiger partial charge in [-0.25, -0.2) is 0 Å². The maximum absolute atomic E-state index is 8.65. The molecule has 0 aliphatic carbocycles. The smallest absolute Gasteiger partial charge is 0.0974 e. The molecule has 1 fully saturated rings. The van der Waals surface area contributed by atoms with Crippen LogP contribution < -0.4 is 0 Å². The van der Waals surface area contributed by atoms with Crippen LogP contribution >= 0.6 is 11.8 Å². The lowest BCUT2D eigenvalue weighted by Gasteiger charge is -1.96. The third-order valence-electron chi connectivity index (χ3n) is 0.761. The summed E-state index contributed by atoms with van der Waals surface area (Å²) >= 11 is 5.26. The van der Waals surface area contributed by atoms with E-state index in [1.54, 1.807) is 0 Å². The van der Waals surface area contributed by atoms with Gasteiger partial charge in [-0.15, -0.1) is 0 Å². The number of nitrogens with zero attached hydrogens (tertiary/aromatic N) is 1. The highest BCUT2D eigenvalue weighted by Crippen LogP contribution is 2.06. The molecule has 0 spiro atoms. The summed E-state index contributed by atoms with van der Waals surface area (Å²) in [4.78, 5) is 4.61. The maximum atomic E-state index is 8.65. The van der Waals surface area contributed by atoms with E-state index in [-0.39, 0.29) is 0 Å². The molecular weight excluding hydrogens is 117 g/mol. The van der Waals surface area contributed by atoms with E-state index >= 15 is 0 Å². The molecule has 0 aromatic heterocycles. The summed E-state index contributed by atoms with van der Waals surface area (Å²) in [5.74, 6) is 0. The van der Waals surface area contributed by atoms with E-state index in [0.717, 1.165) is 4.58 Å². The Balaban J connectivity index is 2.26. The molecule has 0 radical (unpaired) electrons. The van der Waals surface area contributed by atoms with E-state index in [2.05, 4.69) is 4.84 Å². The number of hydroxylamine groups is 1. The minimum atomic E-state index is -0.405. The van der Waals surface area contributed by atoms with E-state index < -0.39 is 6.10 Å².